The summed E-state index contributed by atoms with van der Waals surface area (Å²) in [5.74, 6) is 1.24. The second kappa shape index (κ2) is 8.26. The second-order valence-electron chi connectivity index (χ2n) is 5.11. The monoisotopic (exact) mass is 339 g/mol. The summed E-state index contributed by atoms with van der Waals surface area (Å²) in [5, 5.41) is 11.0. The van der Waals surface area contributed by atoms with Crippen molar-refractivity contribution in [3.8, 4) is 5.69 Å². The predicted molar refractivity (Wildman–Crippen MR) is 93.6 cm³/mol. The second-order valence-corrected chi connectivity index (χ2v) is 6.10. The van der Waals surface area contributed by atoms with Crippen molar-refractivity contribution >= 4 is 17.7 Å². The van der Waals surface area contributed by atoms with Gasteiger partial charge in [0.15, 0.2) is 0 Å². The molecule has 1 amide bonds. The number of aromatic nitrogens is 4. The molecule has 7 heteroatoms. The van der Waals surface area contributed by atoms with E-state index in [1.807, 2.05) is 30.3 Å². The number of nitrogens with one attached hydrogen (secondary N) is 1. The summed E-state index contributed by atoms with van der Waals surface area (Å²) in [5.41, 5.74) is 2.82. The van der Waals surface area contributed by atoms with Crippen molar-refractivity contribution in [3.05, 3.63) is 72.3 Å². The third kappa shape index (κ3) is 4.66. The molecule has 24 heavy (non-hydrogen) atoms. The number of carbonyl (C=O) groups is 1. The summed E-state index contributed by atoms with van der Waals surface area (Å²) in [6, 6.07) is 13.8. The van der Waals surface area contributed by atoms with Crippen LogP contribution < -0.4 is 5.32 Å². The molecule has 0 atom stereocenters. The Bertz CT molecular complexity index is 776. The van der Waals surface area contributed by atoms with Crippen LogP contribution in [0, 0.1) is 0 Å². The summed E-state index contributed by atoms with van der Waals surface area (Å²) in [6.07, 6.45) is 5.19. The largest absolute Gasteiger partial charge is 0.350 e. The Kier molecular flexibility index (Phi) is 5.57. The van der Waals surface area contributed by atoms with Gasteiger partial charge in [-0.1, -0.05) is 35.5 Å². The lowest BCUT2D eigenvalue weighted by molar-refractivity contribution is -0.118. The lowest BCUT2D eigenvalue weighted by Gasteiger charge is -2.03. The van der Waals surface area contributed by atoms with Crippen molar-refractivity contribution in [2.24, 2.45) is 0 Å². The van der Waals surface area contributed by atoms with Crippen LogP contribution in [0.25, 0.3) is 5.69 Å². The molecule has 2 aromatic heterocycles. The number of pyridine rings is 1. The van der Waals surface area contributed by atoms with Gasteiger partial charge in [-0.25, -0.2) is 4.68 Å². The van der Waals surface area contributed by atoms with E-state index in [1.54, 1.807) is 35.0 Å². The molecule has 122 valence electrons. The van der Waals surface area contributed by atoms with Crippen LogP contribution in [0.2, 0.25) is 0 Å². The first-order valence-corrected chi connectivity index (χ1v) is 8.67. The topological polar surface area (TPSA) is 72.7 Å². The standard InChI is InChI=1S/C17H17N5OS/c23-17(13-24-12-14-4-2-1-3-5-14)19-10-15-11-22(21-20-15)16-6-8-18-9-7-16/h1-9,11H,10,12-13H2,(H,19,23). The van der Waals surface area contributed by atoms with E-state index in [-0.39, 0.29) is 5.91 Å². The Balaban J connectivity index is 1.42. The van der Waals surface area contributed by atoms with Gasteiger partial charge < -0.3 is 5.32 Å². The molecular formula is C17H17N5OS. The van der Waals surface area contributed by atoms with E-state index in [0.29, 0.717) is 18.0 Å². The van der Waals surface area contributed by atoms with Gasteiger partial charge in [0, 0.05) is 18.1 Å². The van der Waals surface area contributed by atoms with Gasteiger partial charge in [-0.3, -0.25) is 9.78 Å². The number of nitrogens with zero attached hydrogens (tertiary/aromatic N) is 4. The molecule has 3 rings (SSSR count). The summed E-state index contributed by atoms with van der Waals surface area (Å²) in [4.78, 5) is 15.9. The summed E-state index contributed by atoms with van der Waals surface area (Å²) in [6.45, 7) is 0.371. The summed E-state index contributed by atoms with van der Waals surface area (Å²) in [7, 11) is 0. The van der Waals surface area contributed by atoms with Crippen LogP contribution in [-0.2, 0) is 17.1 Å². The molecule has 0 radical (unpaired) electrons. The van der Waals surface area contributed by atoms with Crippen molar-refractivity contribution < 1.29 is 4.79 Å². The Morgan fingerprint density at radius 2 is 1.92 bits per heavy atom. The molecule has 0 bridgehead atoms. The van der Waals surface area contributed by atoms with Gasteiger partial charge in [-0.05, 0) is 17.7 Å². The fourth-order valence-corrected chi connectivity index (χ4v) is 2.90. The average molecular weight is 339 g/mol. The number of hydrogen-bond acceptors (Lipinski definition) is 5. The zero-order valence-corrected chi connectivity index (χ0v) is 13.8. The fraction of sp³-hybridized carbons (Fsp3) is 0.176. The van der Waals surface area contributed by atoms with E-state index >= 15 is 0 Å². The molecule has 0 aliphatic rings. The van der Waals surface area contributed by atoms with Crippen LogP contribution in [0.3, 0.4) is 0 Å². The number of thioether (sulfide) groups is 1. The highest BCUT2D eigenvalue weighted by Crippen LogP contribution is 2.11. The first-order chi connectivity index (χ1) is 11.8. The quantitative estimate of drug-likeness (QED) is 0.714. The minimum Gasteiger partial charge on any atom is -0.350 e. The minimum absolute atomic E-state index is 0.00519. The van der Waals surface area contributed by atoms with E-state index in [2.05, 4.69) is 32.7 Å². The zero-order valence-electron chi connectivity index (χ0n) is 13.0. The third-order valence-corrected chi connectivity index (χ3v) is 4.28. The first kappa shape index (κ1) is 16.2. The third-order valence-electron chi connectivity index (χ3n) is 3.28. The van der Waals surface area contributed by atoms with Crippen LogP contribution >= 0.6 is 11.8 Å². The molecule has 0 saturated carbocycles. The van der Waals surface area contributed by atoms with Gasteiger partial charge in [0.25, 0.3) is 0 Å². The van der Waals surface area contributed by atoms with Crippen LogP contribution in [-0.4, -0.2) is 31.6 Å². The van der Waals surface area contributed by atoms with E-state index in [0.717, 1.165) is 11.4 Å². The summed E-state index contributed by atoms with van der Waals surface area (Å²) >= 11 is 1.59. The van der Waals surface area contributed by atoms with Crippen molar-refractivity contribution in [3.63, 3.8) is 0 Å². The molecule has 0 saturated heterocycles. The SMILES string of the molecule is O=C(CSCc1ccccc1)NCc1cn(-c2ccncc2)nn1. The molecule has 1 N–H and O–H groups in total. The average Bonchev–Trinajstić information content (AvgIpc) is 3.11. The highest BCUT2D eigenvalue weighted by molar-refractivity contribution is 7.99. The van der Waals surface area contributed by atoms with Crippen molar-refractivity contribution in [2.75, 3.05) is 5.75 Å². The van der Waals surface area contributed by atoms with Gasteiger partial charge in [-0.2, -0.15) is 0 Å². The molecule has 2 heterocycles. The molecule has 0 fully saturated rings. The zero-order chi connectivity index (χ0) is 16.6. The number of carbonyl (C=O) groups excluding carboxylic acids is 1. The number of amides is 1. The van der Waals surface area contributed by atoms with E-state index in [4.69, 9.17) is 0 Å². The predicted octanol–water partition coefficient (Wildman–Crippen LogP) is 2.21. The van der Waals surface area contributed by atoms with E-state index in [1.165, 1.54) is 5.56 Å². The van der Waals surface area contributed by atoms with Gasteiger partial charge in [0.1, 0.15) is 5.69 Å². The smallest absolute Gasteiger partial charge is 0.230 e. The van der Waals surface area contributed by atoms with Gasteiger partial charge in [0.05, 0.1) is 24.2 Å². The van der Waals surface area contributed by atoms with Crippen molar-refractivity contribution in [1.29, 1.82) is 0 Å². The lowest BCUT2D eigenvalue weighted by atomic mass is 10.2. The van der Waals surface area contributed by atoms with Crippen LogP contribution in [0.1, 0.15) is 11.3 Å². The maximum atomic E-state index is 11.9. The minimum atomic E-state index is -0.00519. The molecule has 3 aromatic rings. The van der Waals surface area contributed by atoms with Gasteiger partial charge in [0.2, 0.25) is 5.91 Å². The molecular weight excluding hydrogens is 322 g/mol. The highest BCUT2D eigenvalue weighted by Gasteiger charge is 2.06. The Morgan fingerprint density at radius 3 is 2.71 bits per heavy atom. The molecule has 0 spiro atoms. The van der Waals surface area contributed by atoms with Crippen molar-refractivity contribution in [1.82, 2.24) is 25.3 Å². The summed E-state index contributed by atoms with van der Waals surface area (Å²) < 4.78 is 1.66. The number of hydrogen-bond donors (Lipinski definition) is 1. The number of rotatable bonds is 7. The molecule has 1 aromatic carbocycles. The lowest BCUT2D eigenvalue weighted by Crippen LogP contribution is -2.24. The fourth-order valence-electron chi connectivity index (χ4n) is 2.08. The molecule has 0 aliphatic carbocycles. The molecule has 0 unspecified atom stereocenters. The Morgan fingerprint density at radius 1 is 1.12 bits per heavy atom. The van der Waals surface area contributed by atoms with Gasteiger partial charge >= 0.3 is 0 Å². The van der Waals surface area contributed by atoms with Crippen LogP contribution in [0.5, 0.6) is 0 Å². The van der Waals surface area contributed by atoms with E-state index < -0.39 is 0 Å². The Hall–Kier alpha value is -2.67. The van der Waals surface area contributed by atoms with Crippen molar-refractivity contribution in [2.45, 2.75) is 12.3 Å². The Labute approximate surface area is 144 Å². The first-order valence-electron chi connectivity index (χ1n) is 7.51. The van der Waals surface area contributed by atoms with Crippen LogP contribution in [0.4, 0.5) is 0 Å². The molecule has 0 aliphatic heterocycles. The number of benzene rings is 1. The van der Waals surface area contributed by atoms with Gasteiger partial charge in [-0.15, -0.1) is 16.9 Å². The van der Waals surface area contributed by atoms with E-state index in [9.17, 15) is 4.79 Å². The normalized spacial score (nSPS) is 10.5. The highest BCUT2D eigenvalue weighted by atomic mass is 32.2. The molecule has 6 nitrogen and oxygen atoms in total. The van der Waals surface area contributed by atoms with Crippen LogP contribution in [0.15, 0.2) is 61.1 Å². The maximum Gasteiger partial charge on any atom is 0.230 e. The maximum absolute atomic E-state index is 11.9.